The number of carbonyl (C=O) groups is 1. The summed E-state index contributed by atoms with van der Waals surface area (Å²) in [6.45, 7) is 2.26. The van der Waals surface area contributed by atoms with E-state index in [1.165, 1.54) is 0 Å². The molecule has 0 radical (unpaired) electrons. The molecule has 19 heavy (non-hydrogen) atoms. The molecule has 6 heteroatoms. The summed E-state index contributed by atoms with van der Waals surface area (Å²) in [5.41, 5.74) is 0.521. The SMILES string of the molecule is C[C@H]([NH2+]CC(=O)Nc1cccnc1Cl)c1ccco1. The molecule has 0 bridgehead atoms. The summed E-state index contributed by atoms with van der Waals surface area (Å²) < 4.78 is 5.27. The first-order valence-corrected chi connectivity index (χ1v) is 6.31. The number of amides is 1. The van der Waals surface area contributed by atoms with Crippen LogP contribution in [0.15, 0.2) is 41.1 Å². The van der Waals surface area contributed by atoms with Gasteiger partial charge in [-0.3, -0.25) is 4.79 Å². The summed E-state index contributed by atoms with van der Waals surface area (Å²) >= 11 is 5.86. The second kappa shape index (κ2) is 6.36. The molecule has 1 atom stereocenters. The maximum atomic E-state index is 11.8. The van der Waals surface area contributed by atoms with Crippen LogP contribution in [0.2, 0.25) is 5.15 Å². The third-order valence-electron chi connectivity index (χ3n) is 2.68. The van der Waals surface area contributed by atoms with E-state index in [2.05, 4.69) is 10.3 Å². The van der Waals surface area contributed by atoms with E-state index in [1.807, 2.05) is 24.4 Å². The molecule has 2 aromatic rings. The first kappa shape index (κ1) is 13.6. The molecule has 0 saturated carbocycles. The van der Waals surface area contributed by atoms with Crippen molar-refractivity contribution in [2.24, 2.45) is 0 Å². The number of carbonyl (C=O) groups excluding carboxylic acids is 1. The maximum Gasteiger partial charge on any atom is 0.279 e. The number of nitrogens with zero attached hydrogens (tertiary/aromatic N) is 1. The molecule has 0 aliphatic carbocycles. The number of rotatable bonds is 5. The highest BCUT2D eigenvalue weighted by Gasteiger charge is 2.14. The molecule has 0 unspecified atom stereocenters. The summed E-state index contributed by atoms with van der Waals surface area (Å²) in [5, 5.41) is 4.89. The number of anilines is 1. The number of nitrogens with one attached hydrogen (secondary N) is 1. The van der Waals surface area contributed by atoms with Crippen molar-refractivity contribution in [2.45, 2.75) is 13.0 Å². The second-order valence-corrected chi connectivity index (χ2v) is 4.49. The third kappa shape index (κ3) is 3.81. The van der Waals surface area contributed by atoms with E-state index in [1.54, 1.807) is 24.6 Å². The van der Waals surface area contributed by atoms with Crippen molar-refractivity contribution >= 4 is 23.2 Å². The number of halogens is 1. The van der Waals surface area contributed by atoms with Crippen LogP contribution < -0.4 is 10.6 Å². The van der Waals surface area contributed by atoms with Gasteiger partial charge in [-0.2, -0.15) is 0 Å². The Kier molecular flexibility index (Phi) is 4.54. The summed E-state index contributed by atoms with van der Waals surface area (Å²) in [4.78, 5) is 15.7. The normalized spacial score (nSPS) is 12.1. The lowest BCUT2D eigenvalue weighted by Crippen LogP contribution is -2.86. The standard InChI is InChI=1S/C13H14ClN3O2/c1-9(11-5-3-7-19-11)16-8-12(18)17-10-4-2-6-15-13(10)14/h2-7,9,16H,8H2,1H3,(H,17,18)/p+1/t9-/m0/s1. The van der Waals surface area contributed by atoms with Gasteiger partial charge in [-0.15, -0.1) is 0 Å². The topological polar surface area (TPSA) is 71.7 Å². The molecule has 0 spiro atoms. The summed E-state index contributed by atoms with van der Waals surface area (Å²) in [6, 6.07) is 7.23. The van der Waals surface area contributed by atoms with Crippen molar-refractivity contribution in [1.82, 2.24) is 4.98 Å². The average molecular weight is 281 g/mol. The van der Waals surface area contributed by atoms with Crippen molar-refractivity contribution in [2.75, 3.05) is 11.9 Å². The van der Waals surface area contributed by atoms with Gasteiger partial charge in [0.05, 0.1) is 12.0 Å². The van der Waals surface area contributed by atoms with Gasteiger partial charge in [0.1, 0.15) is 6.04 Å². The van der Waals surface area contributed by atoms with Crippen LogP contribution in [0, 0.1) is 0 Å². The lowest BCUT2D eigenvalue weighted by Gasteiger charge is -2.09. The minimum Gasteiger partial charge on any atom is -0.463 e. The van der Waals surface area contributed by atoms with Crippen LogP contribution in [-0.2, 0) is 4.79 Å². The van der Waals surface area contributed by atoms with Gasteiger partial charge >= 0.3 is 0 Å². The van der Waals surface area contributed by atoms with E-state index in [-0.39, 0.29) is 23.6 Å². The summed E-state index contributed by atoms with van der Waals surface area (Å²) in [6.07, 6.45) is 3.19. The number of nitrogens with two attached hydrogens (primary N) is 1. The first-order valence-electron chi connectivity index (χ1n) is 5.94. The van der Waals surface area contributed by atoms with Crippen LogP contribution in [0.3, 0.4) is 0 Å². The van der Waals surface area contributed by atoms with Crippen LogP contribution in [-0.4, -0.2) is 17.4 Å². The molecule has 0 saturated heterocycles. The monoisotopic (exact) mass is 280 g/mol. The van der Waals surface area contributed by atoms with Gasteiger partial charge in [0.15, 0.2) is 17.5 Å². The van der Waals surface area contributed by atoms with Crippen LogP contribution in [0.5, 0.6) is 0 Å². The highest BCUT2D eigenvalue weighted by molar-refractivity contribution is 6.32. The zero-order valence-corrected chi connectivity index (χ0v) is 11.2. The van der Waals surface area contributed by atoms with E-state index in [4.69, 9.17) is 16.0 Å². The second-order valence-electron chi connectivity index (χ2n) is 4.13. The lowest BCUT2D eigenvalue weighted by atomic mass is 10.2. The Bertz CT molecular complexity index is 543. The molecular weight excluding hydrogens is 266 g/mol. The number of furan rings is 1. The molecule has 2 heterocycles. The molecule has 0 aromatic carbocycles. The lowest BCUT2D eigenvalue weighted by molar-refractivity contribution is -0.684. The van der Waals surface area contributed by atoms with Crippen LogP contribution in [0.1, 0.15) is 18.7 Å². The van der Waals surface area contributed by atoms with Crippen LogP contribution in [0.4, 0.5) is 5.69 Å². The molecule has 0 fully saturated rings. The Morgan fingerprint density at radius 3 is 3.05 bits per heavy atom. The molecule has 2 rings (SSSR count). The number of pyridine rings is 1. The Labute approximate surface area is 116 Å². The number of hydrogen-bond donors (Lipinski definition) is 2. The highest BCUT2D eigenvalue weighted by Crippen LogP contribution is 2.16. The summed E-state index contributed by atoms with van der Waals surface area (Å²) in [5.74, 6) is 0.709. The molecular formula is C13H15ClN3O2+. The van der Waals surface area contributed by atoms with Gasteiger partial charge in [-0.1, -0.05) is 11.6 Å². The van der Waals surface area contributed by atoms with E-state index < -0.39 is 0 Å². The van der Waals surface area contributed by atoms with Crippen molar-refractivity contribution in [3.05, 3.63) is 47.6 Å². The van der Waals surface area contributed by atoms with Crippen molar-refractivity contribution in [3.63, 3.8) is 0 Å². The van der Waals surface area contributed by atoms with Crippen molar-refractivity contribution in [3.8, 4) is 0 Å². The van der Waals surface area contributed by atoms with Gasteiger partial charge in [0.25, 0.3) is 5.91 Å². The summed E-state index contributed by atoms with van der Waals surface area (Å²) in [7, 11) is 0. The van der Waals surface area contributed by atoms with Crippen LogP contribution in [0.25, 0.3) is 0 Å². The molecule has 0 aliphatic rings. The van der Waals surface area contributed by atoms with Crippen molar-refractivity contribution < 1.29 is 14.5 Å². The van der Waals surface area contributed by atoms with Gasteiger partial charge in [-0.25, -0.2) is 4.98 Å². The minimum atomic E-state index is -0.131. The highest BCUT2D eigenvalue weighted by atomic mass is 35.5. The van der Waals surface area contributed by atoms with E-state index in [0.29, 0.717) is 5.69 Å². The maximum absolute atomic E-state index is 11.8. The Morgan fingerprint density at radius 2 is 2.37 bits per heavy atom. The zero-order chi connectivity index (χ0) is 13.7. The third-order valence-corrected chi connectivity index (χ3v) is 2.98. The average Bonchev–Trinajstić information content (AvgIpc) is 2.93. The smallest absolute Gasteiger partial charge is 0.279 e. The Balaban J connectivity index is 1.84. The van der Waals surface area contributed by atoms with Gasteiger partial charge in [0.2, 0.25) is 0 Å². The molecule has 2 aromatic heterocycles. The van der Waals surface area contributed by atoms with Gasteiger partial charge < -0.3 is 15.1 Å². The van der Waals surface area contributed by atoms with E-state index in [9.17, 15) is 4.79 Å². The number of aromatic nitrogens is 1. The quantitative estimate of drug-likeness (QED) is 0.817. The molecule has 100 valence electrons. The largest absolute Gasteiger partial charge is 0.463 e. The van der Waals surface area contributed by atoms with Gasteiger partial charge in [-0.05, 0) is 31.2 Å². The minimum absolute atomic E-state index is 0.0881. The fraction of sp³-hybridized carbons (Fsp3) is 0.231. The predicted molar refractivity (Wildman–Crippen MR) is 71.8 cm³/mol. The fourth-order valence-corrected chi connectivity index (χ4v) is 1.80. The molecule has 5 nitrogen and oxygen atoms in total. The molecule has 0 aliphatic heterocycles. The van der Waals surface area contributed by atoms with E-state index >= 15 is 0 Å². The fourth-order valence-electron chi connectivity index (χ4n) is 1.63. The van der Waals surface area contributed by atoms with E-state index in [0.717, 1.165) is 5.76 Å². The Morgan fingerprint density at radius 1 is 1.53 bits per heavy atom. The molecule has 3 N–H and O–H groups in total. The van der Waals surface area contributed by atoms with Gasteiger partial charge in [0, 0.05) is 6.20 Å². The van der Waals surface area contributed by atoms with Crippen molar-refractivity contribution in [1.29, 1.82) is 0 Å². The Hall–Kier alpha value is -1.85. The van der Waals surface area contributed by atoms with Crippen LogP contribution >= 0.6 is 11.6 Å². The zero-order valence-electron chi connectivity index (χ0n) is 10.5. The first-order chi connectivity index (χ1) is 9.16. The predicted octanol–water partition coefficient (Wildman–Crippen LogP) is 1.59. The molecule has 1 amide bonds. The number of hydrogen-bond acceptors (Lipinski definition) is 3. The number of quaternary nitrogens is 1.